The summed E-state index contributed by atoms with van der Waals surface area (Å²) in [7, 11) is 0. The quantitative estimate of drug-likeness (QED) is 0.506. The summed E-state index contributed by atoms with van der Waals surface area (Å²) in [6, 6.07) is 13.2. The van der Waals surface area contributed by atoms with Gasteiger partial charge in [-0.05, 0) is 66.0 Å². The van der Waals surface area contributed by atoms with Gasteiger partial charge < -0.3 is 0 Å². The fourth-order valence-electron chi connectivity index (χ4n) is 3.96. The van der Waals surface area contributed by atoms with Gasteiger partial charge in [0, 0.05) is 5.02 Å². The first-order chi connectivity index (χ1) is 10.8. The maximum absolute atomic E-state index is 6.08. The van der Waals surface area contributed by atoms with E-state index in [0.29, 0.717) is 0 Å². The fourth-order valence-corrected chi connectivity index (χ4v) is 4.14. The van der Waals surface area contributed by atoms with Crippen LogP contribution in [0.5, 0.6) is 0 Å². The van der Waals surface area contributed by atoms with Crippen LogP contribution in [0.25, 0.3) is 10.8 Å². The van der Waals surface area contributed by atoms with Gasteiger partial charge in [-0.25, -0.2) is 0 Å². The van der Waals surface area contributed by atoms with Gasteiger partial charge in [0.25, 0.3) is 0 Å². The van der Waals surface area contributed by atoms with Crippen LogP contribution in [0.2, 0.25) is 5.02 Å². The van der Waals surface area contributed by atoms with Crippen molar-refractivity contribution < 1.29 is 0 Å². The van der Waals surface area contributed by atoms with E-state index in [1.165, 1.54) is 67.7 Å². The molecule has 1 saturated carbocycles. The first-order valence-corrected chi connectivity index (χ1v) is 9.33. The average Bonchev–Trinajstić information content (AvgIpc) is 2.55. The molecule has 2 aromatic carbocycles. The molecule has 1 fully saturated rings. The molecule has 2 aromatic rings. The summed E-state index contributed by atoms with van der Waals surface area (Å²) in [6.45, 7) is 2.30. The zero-order valence-electron chi connectivity index (χ0n) is 13.7. The highest BCUT2D eigenvalue weighted by atomic mass is 35.5. The molecular weight excluding hydrogens is 288 g/mol. The molecule has 22 heavy (non-hydrogen) atoms. The van der Waals surface area contributed by atoms with E-state index in [2.05, 4.69) is 37.3 Å². The third kappa shape index (κ3) is 3.84. The smallest absolute Gasteiger partial charge is 0.0412 e. The van der Waals surface area contributed by atoms with Crippen LogP contribution >= 0.6 is 11.6 Å². The van der Waals surface area contributed by atoms with E-state index in [1.54, 1.807) is 0 Å². The number of hydrogen-bond donors (Lipinski definition) is 0. The van der Waals surface area contributed by atoms with Crippen LogP contribution in [0, 0.1) is 5.92 Å². The molecule has 0 spiro atoms. The van der Waals surface area contributed by atoms with Gasteiger partial charge in [-0.2, -0.15) is 0 Å². The van der Waals surface area contributed by atoms with E-state index in [9.17, 15) is 0 Å². The highest BCUT2D eigenvalue weighted by Crippen LogP contribution is 2.38. The molecule has 0 bridgehead atoms. The minimum atomic E-state index is 0.766. The van der Waals surface area contributed by atoms with E-state index in [-0.39, 0.29) is 0 Å². The number of unbranched alkanes of at least 4 members (excludes halogenated alkanes) is 2. The number of halogens is 1. The molecule has 3 rings (SSSR count). The Morgan fingerprint density at radius 1 is 0.909 bits per heavy atom. The predicted molar refractivity (Wildman–Crippen MR) is 97.8 cm³/mol. The molecule has 0 heterocycles. The number of benzene rings is 2. The molecule has 1 aliphatic carbocycles. The predicted octanol–water partition coefficient (Wildman–Crippen LogP) is 7.35. The van der Waals surface area contributed by atoms with Crippen LogP contribution < -0.4 is 0 Å². The second-order valence-corrected chi connectivity index (χ2v) is 7.40. The van der Waals surface area contributed by atoms with E-state index in [4.69, 9.17) is 11.6 Å². The van der Waals surface area contributed by atoms with E-state index in [1.807, 2.05) is 6.07 Å². The molecular formula is C21H27Cl. The lowest BCUT2D eigenvalue weighted by atomic mass is 9.77. The maximum atomic E-state index is 6.08. The van der Waals surface area contributed by atoms with Gasteiger partial charge >= 0.3 is 0 Å². The highest BCUT2D eigenvalue weighted by Gasteiger charge is 2.22. The molecule has 0 unspecified atom stereocenters. The third-order valence-electron chi connectivity index (χ3n) is 5.36. The second kappa shape index (κ2) is 7.51. The first-order valence-electron chi connectivity index (χ1n) is 8.95. The monoisotopic (exact) mass is 314 g/mol. The fraction of sp³-hybridized carbons (Fsp3) is 0.524. The molecule has 0 saturated heterocycles. The van der Waals surface area contributed by atoms with Gasteiger partial charge in [-0.3, -0.25) is 0 Å². The standard InChI is InChI=1S/C21H27Cl/c1-2-3-4-5-16-6-8-17(9-7-16)18-10-11-20-15-21(22)13-12-19(20)14-18/h10-17H,2-9H2,1H3. The molecule has 118 valence electrons. The van der Waals surface area contributed by atoms with Gasteiger partial charge in [-0.1, -0.05) is 68.5 Å². The Kier molecular flexibility index (Phi) is 5.41. The Balaban J connectivity index is 1.62. The molecule has 1 heteroatoms. The Hall–Kier alpha value is -1.01. The van der Waals surface area contributed by atoms with Gasteiger partial charge in [0.1, 0.15) is 0 Å². The second-order valence-electron chi connectivity index (χ2n) is 6.96. The highest BCUT2D eigenvalue weighted by molar-refractivity contribution is 6.31. The lowest BCUT2D eigenvalue weighted by Gasteiger charge is -2.29. The van der Waals surface area contributed by atoms with Crippen molar-refractivity contribution in [1.82, 2.24) is 0 Å². The minimum Gasteiger partial charge on any atom is -0.0843 e. The molecule has 0 aromatic heterocycles. The van der Waals surface area contributed by atoms with E-state index >= 15 is 0 Å². The van der Waals surface area contributed by atoms with Crippen molar-refractivity contribution in [3.8, 4) is 0 Å². The average molecular weight is 315 g/mol. The maximum Gasteiger partial charge on any atom is 0.0412 e. The Morgan fingerprint density at radius 3 is 2.41 bits per heavy atom. The first kappa shape index (κ1) is 15.9. The van der Waals surface area contributed by atoms with Gasteiger partial charge in [0.15, 0.2) is 0 Å². The Labute approximate surface area is 139 Å². The number of rotatable bonds is 5. The third-order valence-corrected chi connectivity index (χ3v) is 5.60. The molecule has 0 nitrogen and oxygen atoms in total. The molecule has 0 aliphatic heterocycles. The minimum absolute atomic E-state index is 0.766. The van der Waals surface area contributed by atoms with Crippen molar-refractivity contribution in [3.05, 3.63) is 47.0 Å². The van der Waals surface area contributed by atoms with Crippen molar-refractivity contribution in [1.29, 1.82) is 0 Å². The molecule has 1 aliphatic rings. The lowest BCUT2D eigenvalue weighted by Crippen LogP contribution is -2.13. The summed E-state index contributed by atoms with van der Waals surface area (Å²) < 4.78 is 0. The van der Waals surface area contributed by atoms with Crippen molar-refractivity contribution in [2.24, 2.45) is 5.92 Å². The normalized spacial score (nSPS) is 22.1. The molecule has 0 radical (unpaired) electrons. The van der Waals surface area contributed by atoms with Crippen molar-refractivity contribution >= 4 is 22.4 Å². The van der Waals surface area contributed by atoms with Gasteiger partial charge in [0.2, 0.25) is 0 Å². The molecule has 0 atom stereocenters. The largest absolute Gasteiger partial charge is 0.0843 e. The summed E-state index contributed by atoms with van der Waals surface area (Å²) >= 11 is 6.08. The SMILES string of the molecule is CCCCCC1CCC(c2ccc3cc(Cl)ccc3c2)CC1. The Morgan fingerprint density at radius 2 is 1.64 bits per heavy atom. The van der Waals surface area contributed by atoms with Gasteiger partial charge in [0.05, 0.1) is 0 Å². The van der Waals surface area contributed by atoms with Crippen LogP contribution in [-0.2, 0) is 0 Å². The Bertz CT molecular complexity index is 608. The lowest BCUT2D eigenvalue weighted by molar-refractivity contribution is 0.303. The topological polar surface area (TPSA) is 0 Å². The van der Waals surface area contributed by atoms with Crippen molar-refractivity contribution in [2.75, 3.05) is 0 Å². The number of fused-ring (bicyclic) bond motifs is 1. The summed E-state index contributed by atoms with van der Waals surface area (Å²) in [5, 5.41) is 3.41. The van der Waals surface area contributed by atoms with Crippen LogP contribution in [0.15, 0.2) is 36.4 Å². The summed E-state index contributed by atoms with van der Waals surface area (Å²) in [5.74, 6) is 1.75. The summed E-state index contributed by atoms with van der Waals surface area (Å²) in [5.41, 5.74) is 1.53. The van der Waals surface area contributed by atoms with Gasteiger partial charge in [-0.15, -0.1) is 0 Å². The zero-order chi connectivity index (χ0) is 15.4. The van der Waals surface area contributed by atoms with Crippen molar-refractivity contribution in [3.63, 3.8) is 0 Å². The van der Waals surface area contributed by atoms with E-state index < -0.39 is 0 Å². The van der Waals surface area contributed by atoms with Crippen LogP contribution in [0.4, 0.5) is 0 Å². The van der Waals surface area contributed by atoms with E-state index in [0.717, 1.165) is 16.9 Å². The number of hydrogen-bond acceptors (Lipinski definition) is 0. The summed E-state index contributed by atoms with van der Waals surface area (Å²) in [6.07, 6.45) is 11.2. The zero-order valence-corrected chi connectivity index (χ0v) is 14.4. The van der Waals surface area contributed by atoms with Crippen LogP contribution in [-0.4, -0.2) is 0 Å². The molecule has 0 amide bonds. The van der Waals surface area contributed by atoms with Crippen LogP contribution in [0.3, 0.4) is 0 Å². The van der Waals surface area contributed by atoms with Crippen LogP contribution in [0.1, 0.15) is 69.8 Å². The van der Waals surface area contributed by atoms with Crippen molar-refractivity contribution in [2.45, 2.75) is 64.2 Å². The summed E-state index contributed by atoms with van der Waals surface area (Å²) in [4.78, 5) is 0. The molecule has 0 N–H and O–H groups in total.